The van der Waals surface area contributed by atoms with Crippen molar-refractivity contribution in [3.8, 4) is 11.1 Å². The Labute approximate surface area is 180 Å². The molecule has 0 saturated carbocycles. The second-order valence-corrected chi connectivity index (χ2v) is 9.43. The minimum absolute atomic E-state index is 0.0115. The Hall–Kier alpha value is -1.68. The van der Waals surface area contributed by atoms with E-state index in [-0.39, 0.29) is 5.78 Å². The van der Waals surface area contributed by atoms with E-state index in [0.29, 0.717) is 5.02 Å². The molecule has 1 atom stereocenters. The van der Waals surface area contributed by atoms with Crippen LogP contribution in [0.4, 0.5) is 0 Å². The number of halogens is 2. The predicted molar refractivity (Wildman–Crippen MR) is 121 cm³/mol. The lowest BCUT2D eigenvalue weighted by Gasteiger charge is -2.29. The zero-order chi connectivity index (χ0) is 20.6. The maximum atomic E-state index is 12.7. The maximum absolute atomic E-state index is 12.7. The third-order valence-electron chi connectivity index (χ3n) is 4.59. The van der Waals surface area contributed by atoms with Crippen molar-refractivity contribution >= 4 is 44.1 Å². The van der Waals surface area contributed by atoms with Crippen LogP contribution in [0.2, 0.25) is 5.02 Å². The van der Waals surface area contributed by atoms with Crippen molar-refractivity contribution in [2.24, 2.45) is 0 Å². The number of carbonyl (C=O) groups is 1. The SMILES string of the molecule is CC(=O)C(OC(C)(C)C)c1c(C)cc2ccc(Br)cc2c1-c1ccc(Cl)cc1. The van der Waals surface area contributed by atoms with Crippen LogP contribution in [0.3, 0.4) is 0 Å². The molecule has 4 heteroatoms. The van der Waals surface area contributed by atoms with Crippen LogP contribution < -0.4 is 0 Å². The Morgan fingerprint density at radius 1 is 1.07 bits per heavy atom. The van der Waals surface area contributed by atoms with Gasteiger partial charge in [0.15, 0.2) is 5.78 Å². The molecule has 0 amide bonds. The summed E-state index contributed by atoms with van der Waals surface area (Å²) in [6.07, 6.45) is -0.644. The van der Waals surface area contributed by atoms with Crippen molar-refractivity contribution in [3.63, 3.8) is 0 Å². The average Bonchev–Trinajstić information content (AvgIpc) is 2.59. The number of hydrogen-bond acceptors (Lipinski definition) is 2. The van der Waals surface area contributed by atoms with E-state index in [2.05, 4.69) is 34.1 Å². The van der Waals surface area contributed by atoms with Gasteiger partial charge in [0.1, 0.15) is 6.10 Å². The third-order valence-corrected chi connectivity index (χ3v) is 5.33. The number of aryl methyl sites for hydroxylation is 1. The van der Waals surface area contributed by atoms with Crippen molar-refractivity contribution in [2.45, 2.75) is 46.3 Å². The molecule has 0 aliphatic heterocycles. The summed E-state index contributed by atoms with van der Waals surface area (Å²) in [5, 5.41) is 2.87. The maximum Gasteiger partial charge on any atom is 0.163 e. The number of carbonyl (C=O) groups excluding carboxylic acids is 1. The van der Waals surface area contributed by atoms with E-state index in [1.807, 2.05) is 58.0 Å². The van der Waals surface area contributed by atoms with Gasteiger partial charge in [-0.25, -0.2) is 0 Å². The summed E-state index contributed by atoms with van der Waals surface area (Å²) >= 11 is 9.72. The lowest BCUT2D eigenvalue weighted by Crippen LogP contribution is -2.27. The summed E-state index contributed by atoms with van der Waals surface area (Å²) < 4.78 is 7.23. The first-order chi connectivity index (χ1) is 13.1. The van der Waals surface area contributed by atoms with Gasteiger partial charge in [-0.15, -0.1) is 0 Å². The van der Waals surface area contributed by atoms with Gasteiger partial charge in [-0.05, 0) is 91.9 Å². The monoisotopic (exact) mass is 458 g/mol. The number of ether oxygens (including phenoxy) is 1. The predicted octanol–water partition coefficient (Wildman–Crippen LogP) is 7.68. The Balaban J connectivity index is 2.40. The molecular weight excluding hydrogens is 436 g/mol. The zero-order valence-corrected chi connectivity index (χ0v) is 19.1. The molecule has 0 radical (unpaired) electrons. The smallest absolute Gasteiger partial charge is 0.163 e. The van der Waals surface area contributed by atoms with Crippen molar-refractivity contribution in [3.05, 3.63) is 69.2 Å². The van der Waals surface area contributed by atoms with E-state index in [0.717, 1.165) is 37.5 Å². The summed E-state index contributed by atoms with van der Waals surface area (Å²) in [4.78, 5) is 12.7. The van der Waals surface area contributed by atoms with Crippen molar-refractivity contribution in [1.82, 2.24) is 0 Å². The van der Waals surface area contributed by atoms with Crippen LogP contribution in [0.1, 0.15) is 44.9 Å². The van der Waals surface area contributed by atoms with Gasteiger partial charge in [-0.3, -0.25) is 4.79 Å². The minimum Gasteiger partial charge on any atom is -0.360 e. The highest BCUT2D eigenvalue weighted by atomic mass is 79.9. The molecule has 2 nitrogen and oxygen atoms in total. The van der Waals surface area contributed by atoms with Gasteiger partial charge >= 0.3 is 0 Å². The molecule has 0 aliphatic carbocycles. The van der Waals surface area contributed by atoms with E-state index in [1.165, 1.54) is 0 Å². The molecule has 1 unspecified atom stereocenters. The molecule has 28 heavy (non-hydrogen) atoms. The second-order valence-electron chi connectivity index (χ2n) is 8.08. The van der Waals surface area contributed by atoms with Gasteiger partial charge in [0.05, 0.1) is 5.60 Å². The van der Waals surface area contributed by atoms with Crippen molar-refractivity contribution in [2.75, 3.05) is 0 Å². The molecule has 3 rings (SSSR count). The van der Waals surface area contributed by atoms with Crippen molar-refractivity contribution < 1.29 is 9.53 Å². The molecule has 3 aromatic rings. The molecule has 146 valence electrons. The number of fused-ring (bicyclic) bond motifs is 1. The molecule has 0 fully saturated rings. The van der Waals surface area contributed by atoms with Crippen LogP contribution >= 0.6 is 27.5 Å². The van der Waals surface area contributed by atoms with Crippen LogP contribution in [-0.4, -0.2) is 11.4 Å². The van der Waals surface area contributed by atoms with Crippen LogP contribution in [-0.2, 0) is 9.53 Å². The highest BCUT2D eigenvalue weighted by Crippen LogP contribution is 2.41. The Kier molecular flexibility index (Phi) is 6.00. The first-order valence-corrected chi connectivity index (χ1v) is 10.4. The van der Waals surface area contributed by atoms with Crippen molar-refractivity contribution in [1.29, 1.82) is 0 Å². The number of Topliss-reactive ketones (excluding diaryl/α,β-unsaturated/α-hetero) is 1. The normalized spacial score (nSPS) is 13.0. The molecule has 0 heterocycles. The topological polar surface area (TPSA) is 26.3 Å². The fourth-order valence-corrected chi connectivity index (χ4v) is 3.98. The first kappa shape index (κ1) is 21.0. The number of rotatable bonds is 4. The fraction of sp³-hybridized carbons (Fsp3) is 0.292. The first-order valence-electron chi connectivity index (χ1n) is 9.24. The number of hydrogen-bond donors (Lipinski definition) is 0. The summed E-state index contributed by atoms with van der Waals surface area (Å²) in [6.45, 7) is 9.54. The molecule has 0 bridgehead atoms. The molecular formula is C24H24BrClO2. The van der Waals surface area contributed by atoms with Gasteiger partial charge in [-0.2, -0.15) is 0 Å². The van der Waals surface area contributed by atoms with Gasteiger partial charge in [0, 0.05) is 9.50 Å². The summed E-state index contributed by atoms with van der Waals surface area (Å²) in [5.74, 6) is -0.0115. The quantitative estimate of drug-likeness (QED) is 0.400. The van der Waals surface area contributed by atoms with Crippen LogP contribution in [0.15, 0.2) is 53.0 Å². The average molecular weight is 460 g/mol. The summed E-state index contributed by atoms with van der Waals surface area (Å²) in [5.41, 5.74) is 3.51. The molecule has 0 aliphatic rings. The van der Waals surface area contributed by atoms with E-state index in [4.69, 9.17) is 16.3 Å². The van der Waals surface area contributed by atoms with Crippen LogP contribution in [0.5, 0.6) is 0 Å². The Bertz CT molecular complexity index is 1030. The van der Waals surface area contributed by atoms with E-state index < -0.39 is 11.7 Å². The molecule has 0 N–H and O–H groups in total. The molecule has 0 spiro atoms. The summed E-state index contributed by atoms with van der Waals surface area (Å²) in [6, 6.07) is 16.1. The molecule has 3 aromatic carbocycles. The number of benzene rings is 3. The highest BCUT2D eigenvalue weighted by molar-refractivity contribution is 9.10. The summed E-state index contributed by atoms with van der Waals surface area (Å²) in [7, 11) is 0. The van der Waals surface area contributed by atoms with Gasteiger partial charge < -0.3 is 4.74 Å². The van der Waals surface area contributed by atoms with E-state index in [9.17, 15) is 4.79 Å². The Morgan fingerprint density at radius 3 is 2.29 bits per heavy atom. The van der Waals surface area contributed by atoms with E-state index >= 15 is 0 Å². The van der Waals surface area contributed by atoms with Gasteiger partial charge in [0.2, 0.25) is 0 Å². The third kappa shape index (κ3) is 4.48. The fourth-order valence-electron chi connectivity index (χ4n) is 3.49. The standard InChI is InChI=1S/C24H24BrClO2/c1-14-12-17-6-9-18(25)13-20(17)22(16-7-10-19(26)11-8-16)21(14)23(15(2)27)28-24(3,4)5/h6-13,23H,1-5H3. The second kappa shape index (κ2) is 7.98. The van der Waals surface area contributed by atoms with E-state index in [1.54, 1.807) is 6.92 Å². The molecule has 0 aromatic heterocycles. The number of ketones is 1. The minimum atomic E-state index is -0.644. The van der Waals surface area contributed by atoms with Gasteiger partial charge in [0.25, 0.3) is 0 Å². The highest BCUT2D eigenvalue weighted by Gasteiger charge is 2.29. The lowest BCUT2D eigenvalue weighted by atomic mass is 9.86. The van der Waals surface area contributed by atoms with Crippen LogP contribution in [0.25, 0.3) is 21.9 Å². The zero-order valence-electron chi connectivity index (χ0n) is 16.8. The van der Waals surface area contributed by atoms with Crippen LogP contribution in [0, 0.1) is 6.92 Å². The Morgan fingerprint density at radius 2 is 1.71 bits per heavy atom. The van der Waals surface area contributed by atoms with Gasteiger partial charge in [-0.1, -0.05) is 51.8 Å². The lowest BCUT2D eigenvalue weighted by molar-refractivity contribution is -0.138. The largest absolute Gasteiger partial charge is 0.360 e. The molecule has 0 saturated heterocycles.